The van der Waals surface area contributed by atoms with Crippen LogP contribution in [0.15, 0.2) is 30.5 Å². The van der Waals surface area contributed by atoms with Crippen LogP contribution in [-0.4, -0.2) is 33.9 Å². The Balaban J connectivity index is 1.96. The predicted molar refractivity (Wildman–Crippen MR) is 85.3 cm³/mol. The molecule has 0 saturated carbocycles. The molecule has 116 valence electrons. The molecule has 2 atom stereocenters. The van der Waals surface area contributed by atoms with E-state index < -0.39 is 0 Å². The molecular weight excluding hydrogens is 278 g/mol. The molecule has 1 aromatic heterocycles. The maximum absolute atomic E-state index is 13.0. The number of likely N-dealkylation sites (tertiary alicyclic amines) is 1. The van der Waals surface area contributed by atoms with E-state index in [9.17, 15) is 9.59 Å². The van der Waals surface area contributed by atoms with Gasteiger partial charge in [0, 0.05) is 36.7 Å². The van der Waals surface area contributed by atoms with Gasteiger partial charge in [-0.1, -0.05) is 18.2 Å². The number of hydrogen-bond donors (Lipinski definition) is 1. The van der Waals surface area contributed by atoms with Crippen molar-refractivity contribution in [3.8, 4) is 0 Å². The second-order valence-corrected chi connectivity index (χ2v) is 6.15. The third-order valence-electron chi connectivity index (χ3n) is 4.67. The fourth-order valence-electron chi connectivity index (χ4n) is 3.29. The lowest BCUT2D eigenvalue weighted by molar-refractivity contribution is -0.123. The minimum atomic E-state index is -0.317. The summed E-state index contributed by atoms with van der Waals surface area (Å²) in [7, 11) is 1.94. The standard InChI is InChI=1S/C17H21N3O2/c1-11-7-8-12(16(18)21)9-20(11)17(22)14-10-19(2)15-6-4-3-5-13(14)15/h3-6,10-12H,7-9H2,1-2H3,(H2,18,21). The van der Waals surface area contributed by atoms with E-state index in [-0.39, 0.29) is 23.8 Å². The van der Waals surface area contributed by atoms with Gasteiger partial charge in [0.25, 0.3) is 5.91 Å². The van der Waals surface area contributed by atoms with Crippen LogP contribution < -0.4 is 5.73 Å². The fraction of sp³-hybridized carbons (Fsp3) is 0.412. The van der Waals surface area contributed by atoms with Gasteiger partial charge < -0.3 is 15.2 Å². The van der Waals surface area contributed by atoms with E-state index in [1.807, 2.05) is 49.0 Å². The molecule has 1 fully saturated rings. The molecule has 2 N–H and O–H groups in total. The summed E-state index contributed by atoms with van der Waals surface area (Å²) in [6.45, 7) is 2.44. The van der Waals surface area contributed by atoms with Crippen molar-refractivity contribution in [2.24, 2.45) is 18.7 Å². The van der Waals surface area contributed by atoms with Gasteiger partial charge in [0.15, 0.2) is 0 Å². The maximum atomic E-state index is 13.0. The Morgan fingerprint density at radius 1 is 1.23 bits per heavy atom. The molecule has 0 aliphatic carbocycles. The summed E-state index contributed by atoms with van der Waals surface area (Å²) in [5.41, 5.74) is 7.15. The minimum absolute atomic E-state index is 0.0183. The highest BCUT2D eigenvalue weighted by molar-refractivity contribution is 6.07. The fourth-order valence-corrected chi connectivity index (χ4v) is 3.29. The molecule has 5 heteroatoms. The quantitative estimate of drug-likeness (QED) is 0.920. The van der Waals surface area contributed by atoms with Crippen LogP contribution in [0.4, 0.5) is 0 Å². The van der Waals surface area contributed by atoms with Gasteiger partial charge in [0.1, 0.15) is 0 Å². The van der Waals surface area contributed by atoms with E-state index in [4.69, 9.17) is 5.73 Å². The van der Waals surface area contributed by atoms with E-state index in [1.165, 1.54) is 0 Å². The molecule has 1 aromatic carbocycles. The predicted octanol–water partition coefficient (Wildman–Crippen LogP) is 1.90. The van der Waals surface area contributed by atoms with Crippen molar-refractivity contribution < 1.29 is 9.59 Å². The number of hydrogen-bond acceptors (Lipinski definition) is 2. The monoisotopic (exact) mass is 299 g/mol. The molecule has 2 heterocycles. The highest BCUT2D eigenvalue weighted by Crippen LogP contribution is 2.27. The molecule has 2 aromatic rings. The summed E-state index contributed by atoms with van der Waals surface area (Å²) in [5, 5.41) is 0.948. The summed E-state index contributed by atoms with van der Waals surface area (Å²) in [5.74, 6) is -0.576. The lowest BCUT2D eigenvalue weighted by atomic mass is 9.92. The number of nitrogens with zero attached hydrogens (tertiary/aromatic N) is 2. The number of primary amides is 1. The van der Waals surface area contributed by atoms with Crippen LogP contribution in [0.2, 0.25) is 0 Å². The Morgan fingerprint density at radius 3 is 2.68 bits per heavy atom. The van der Waals surface area contributed by atoms with Gasteiger partial charge >= 0.3 is 0 Å². The van der Waals surface area contributed by atoms with Crippen molar-refractivity contribution in [3.05, 3.63) is 36.0 Å². The van der Waals surface area contributed by atoms with Gasteiger partial charge in [-0.2, -0.15) is 0 Å². The van der Waals surface area contributed by atoms with Crippen molar-refractivity contribution in [2.45, 2.75) is 25.8 Å². The van der Waals surface area contributed by atoms with Crippen LogP contribution >= 0.6 is 0 Å². The van der Waals surface area contributed by atoms with E-state index in [0.717, 1.165) is 23.7 Å². The highest BCUT2D eigenvalue weighted by atomic mass is 16.2. The number of rotatable bonds is 2. The maximum Gasteiger partial charge on any atom is 0.256 e. The van der Waals surface area contributed by atoms with E-state index >= 15 is 0 Å². The second kappa shape index (κ2) is 5.48. The first kappa shape index (κ1) is 14.6. The summed E-state index contributed by atoms with van der Waals surface area (Å²) >= 11 is 0. The van der Waals surface area contributed by atoms with Crippen molar-refractivity contribution in [2.75, 3.05) is 6.54 Å². The summed E-state index contributed by atoms with van der Waals surface area (Å²) in [6, 6.07) is 7.98. The molecule has 0 bridgehead atoms. The van der Waals surface area contributed by atoms with Crippen LogP contribution in [0, 0.1) is 5.92 Å². The number of piperidine rings is 1. The average molecular weight is 299 g/mol. The van der Waals surface area contributed by atoms with Gasteiger partial charge in [-0.15, -0.1) is 0 Å². The number of aromatic nitrogens is 1. The third kappa shape index (κ3) is 2.36. The van der Waals surface area contributed by atoms with Crippen molar-refractivity contribution in [3.63, 3.8) is 0 Å². The first-order chi connectivity index (χ1) is 10.5. The lowest BCUT2D eigenvalue weighted by Gasteiger charge is -2.36. The number of para-hydroxylation sites is 1. The molecule has 1 aliphatic heterocycles. The Labute approximate surface area is 129 Å². The molecule has 1 saturated heterocycles. The highest BCUT2D eigenvalue weighted by Gasteiger charge is 2.33. The van der Waals surface area contributed by atoms with E-state index in [1.54, 1.807) is 4.90 Å². The molecular formula is C17H21N3O2. The zero-order valence-electron chi connectivity index (χ0n) is 13.0. The zero-order valence-corrected chi connectivity index (χ0v) is 13.0. The number of carbonyl (C=O) groups is 2. The van der Waals surface area contributed by atoms with Crippen LogP contribution in [0.1, 0.15) is 30.1 Å². The van der Waals surface area contributed by atoms with Gasteiger partial charge in [0.05, 0.1) is 11.5 Å². The van der Waals surface area contributed by atoms with Crippen LogP contribution in [0.5, 0.6) is 0 Å². The smallest absolute Gasteiger partial charge is 0.256 e. The van der Waals surface area contributed by atoms with E-state index in [0.29, 0.717) is 12.1 Å². The molecule has 3 rings (SSSR count). The number of nitrogens with two attached hydrogens (primary N) is 1. The number of amides is 2. The number of fused-ring (bicyclic) bond motifs is 1. The van der Waals surface area contributed by atoms with Gasteiger partial charge in [0.2, 0.25) is 5.91 Å². The summed E-state index contributed by atoms with van der Waals surface area (Å²) in [6.07, 6.45) is 3.44. The summed E-state index contributed by atoms with van der Waals surface area (Å²) < 4.78 is 1.96. The lowest BCUT2D eigenvalue weighted by Crippen LogP contribution is -2.48. The van der Waals surface area contributed by atoms with Gasteiger partial charge in [-0.3, -0.25) is 9.59 Å². The molecule has 1 aliphatic rings. The molecule has 2 amide bonds. The molecule has 2 unspecified atom stereocenters. The first-order valence-electron chi connectivity index (χ1n) is 7.63. The van der Waals surface area contributed by atoms with Gasteiger partial charge in [-0.05, 0) is 25.8 Å². The molecule has 0 radical (unpaired) electrons. The second-order valence-electron chi connectivity index (χ2n) is 6.15. The average Bonchev–Trinajstić information content (AvgIpc) is 2.84. The Bertz CT molecular complexity index is 735. The van der Waals surface area contributed by atoms with Crippen LogP contribution in [0.25, 0.3) is 10.9 Å². The molecule has 0 spiro atoms. The van der Waals surface area contributed by atoms with Crippen molar-refractivity contribution in [1.29, 1.82) is 0 Å². The van der Waals surface area contributed by atoms with Crippen molar-refractivity contribution in [1.82, 2.24) is 9.47 Å². The Morgan fingerprint density at radius 2 is 1.95 bits per heavy atom. The number of carbonyl (C=O) groups excluding carboxylic acids is 2. The minimum Gasteiger partial charge on any atom is -0.369 e. The molecule has 22 heavy (non-hydrogen) atoms. The normalized spacial score (nSPS) is 22.0. The third-order valence-corrected chi connectivity index (χ3v) is 4.67. The van der Waals surface area contributed by atoms with Crippen LogP contribution in [0.3, 0.4) is 0 Å². The largest absolute Gasteiger partial charge is 0.369 e. The van der Waals surface area contributed by atoms with Crippen LogP contribution in [-0.2, 0) is 11.8 Å². The first-order valence-corrected chi connectivity index (χ1v) is 7.63. The molecule has 5 nitrogen and oxygen atoms in total. The topological polar surface area (TPSA) is 68.3 Å². The number of aryl methyl sites for hydroxylation is 1. The Hall–Kier alpha value is -2.30. The van der Waals surface area contributed by atoms with E-state index in [2.05, 4.69) is 0 Å². The zero-order chi connectivity index (χ0) is 15.9. The van der Waals surface area contributed by atoms with Gasteiger partial charge in [-0.25, -0.2) is 0 Å². The van der Waals surface area contributed by atoms with Crippen molar-refractivity contribution >= 4 is 22.7 Å². The number of benzene rings is 1. The Kier molecular flexibility index (Phi) is 3.64. The summed E-state index contributed by atoms with van der Waals surface area (Å²) in [4.78, 5) is 26.2. The SMILES string of the molecule is CC1CCC(C(N)=O)CN1C(=O)c1cn(C)c2ccccc12.